The van der Waals surface area contributed by atoms with Gasteiger partial charge in [-0.2, -0.15) is 0 Å². The van der Waals surface area contributed by atoms with Gasteiger partial charge in [0.1, 0.15) is 16.4 Å². The van der Waals surface area contributed by atoms with Crippen molar-refractivity contribution >= 4 is 51.0 Å². The van der Waals surface area contributed by atoms with Gasteiger partial charge in [-0.3, -0.25) is 0 Å². The molecule has 0 bridgehead atoms. The number of halogens is 1. The number of nitrogens with zero attached hydrogens (tertiary/aromatic N) is 2. The molecule has 0 amide bonds. The second-order valence-electron chi connectivity index (χ2n) is 6.11. The summed E-state index contributed by atoms with van der Waals surface area (Å²) in [6, 6.07) is 19.2. The van der Waals surface area contributed by atoms with Crippen LogP contribution in [0, 0.1) is 4.91 Å². The van der Waals surface area contributed by atoms with Gasteiger partial charge in [0.2, 0.25) is 0 Å². The third kappa shape index (κ3) is 3.81. The molecule has 0 N–H and O–H groups in total. The number of aromatic nitrogens is 1. The minimum absolute atomic E-state index is 0.242. The van der Waals surface area contributed by atoms with Crippen molar-refractivity contribution < 1.29 is 4.74 Å². The molecule has 3 aromatic carbocycles. The molecule has 0 atom stereocenters. The Morgan fingerprint density at radius 1 is 1.00 bits per heavy atom. The number of thiazole rings is 1. The lowest BCUT2D eigenvalue weighted by atomic mass is 10.1. The molecule has 0 aliphatic heterocycles. The number of rotatable bonds is 5. The molecule has 4 rings (SSSR count). The average molecular weight is 407 g/mol. The van der Waals surface area contributed by atoms with Crippen LogP contribution in [-0.4, -0.2) is 12.1 Å². The van der Waals surface area contributed by atoms with Gasteiger partial charge in [0.25, 0.3) is 0 Å². The highest BCUT2D eigenvalue weighted by Crippen LogP contribution is 2.32. The second kappa shape index (κ2) is 7.92. The minimum atomic E-state index is 0.242. The van der Waals surface area contributed by atoms with Gasteiger partial charge < -0.3 is 4.74 Å². The Kier molecular flexibility index (Phi) is 5.19. The Hall–Kier alpha value is -3.02. The maximum absolute atomic E-state index is 10.8. The number of nitroso groups, excluding NO2 is 1. The van der Waals surface area contributed by atoms with E-state index in [0.717, 1.165) is 37.7 Å². The fourth-order valence-corrected chi connectivity index (χ4v) is 3.94. The lowest BCUT2D eigenvalue weighted by Crippen LogP contribution is -1.80. The molecule has 1 aromatic heterocycles. The number of ether oxygens (including phenoxy) is 1. The highest BCUT2D eigenvalue weighted by Gasteiger charge is 2.07. The second-order valence-corrected chi connectivity index (χ2v) is 7.55. The molecule has 0 unspecified atom stereocenters. The van der Waals surface area contributed by atoms with Crippen LogP contribution in [0.15, 0.2) is 65.8 Å². The molecule has 1 heterocycles. The first kappa shape index (κ1) is 18.3. The van der Waals surface area contributed by atoms with E-state index >= 15 is 0 Å². The van der Waals surface area contributed by atoms with Crippen LogP contribution in [0.2, 0.25) is 5.02 Å². The van der Waals surface area contributed by atoms with Gasteiger partial charge in [-0.1, -0.05) is 54.1 Å². The topological polar surface area (TPSA) is 51.6 Å². The number of hydrogen-bond donors (Lipinski definition) is 0. The summed E-state index contributed by atoms with van der Waals surface area (Å²) in [5.41, 5.74) is 4.18. The normalized spacial score (nSPS) is 11.2. The van der Waals surface area contributed by atoms with Gasteiger partial charge in [-0.25, -0.2) is 4.98 Å². The summed E-state index contributed by atoms with van der Waals surface area (Å²) in [4.78, 5) is 15.5. The van der Waals surface area contributed by atoms with Crippen molar-refractivity contribution in [1.29, 1.82) is 0 Å². The van der Waals surface area contributed by atoms with Crippen molar-refractivity contribution in [2.45, 2.75) is 0 Å². The molecular formula is C22H15ClN2O2S. The molecule has 0 spiro atoms. The Morgan fingerprint density at radius 3 is 2.50 bits per heavy atom. The third-order valence-corrected chi connectivity index (χ3v) is 5.68. The summed E-state index contributed by atoms with van der Waals surface area (Å²) in [5.74, 6) is 0.832. The lowest BCUT2D eigenvalue weighted by Gasteiger charge is -1.99. The van der Waals surface area contributed by atoms with Crippen molar-refractivity contribution in [3.05, 3.63) is 81.7 Å². The summed E-state index contributed by atoms with van der Waals surface area (Å²) in [5, 5.41) is 4.25. The van der Waals surface area contributed by atoms with Gasteiger partial charge >= 0.3 is 0 Å². The maximum atomic E-state index is 10.8. The SMILES string of the molecule is COc1ccc2nc(-c3ccc(/C=C/c4ccc(Cl)c(N=O)c4)cc3)sc2c1. The quantitative estimate of drug-likeness (QED) is 0.260. The molecule has 0 aliphatic carbocycles. The van der Waals surface area contributed by atoms with Crippen LogP contribution in [-0.2, 0) is 0 Å². The van der Waals surface area contributed by atoms with E-state index in [1.54, 1.807) is 30.6 Å². The highest BCUT2D eigenvalue weighted by atomic mass is 35.5. The first-order chi connectivity index (χ1) is 13.7. The van der Waals surface area contributed by atoms with Crippen LogP contribution in [0.5, 0.6) is 5.75 Å². The minimum Gasteiger partial charge on any atom is -0.497 e. The van der Waals surface area contributed by atoms with E-state index in [2.05, 4.69) is 17.3 Å². The molecular weight excluding hydrogens is 392 g/mol. The highest BCUT2D eigenvalue weighted by molar-refractivity contribution is 7.21. The number of fused-ring (bicyclic) bond motifs is 1. The zero-order valence-electron chi connectivity index (χ0n) is 14.9. The van der Waals surface area contributed by atoms with Gasteiger partial charge in [-0.05, 0) is 46.6 Å². The van der Waals surface area contributed by atoms with E-state index in [1.165, 1.54) is 0 Å². The first-order valence-corrected chi connectivity index (χ1v) is 9.72. The fraction of sp³-hybridized carbons (Fsp3) is 0.0455. The molecule has 0 aliphatic rings. The van der Waals surface area contributed by atoms with Crippen LogP contribution >= 0.6 is 22.9 Å². The van der Waals surface area contributed by atoms with Gasteiger partial charge in [0.05, 0.1) is 22.3 Å². The summed E-state index contributed by atoms with van der Waals surface area (Å²) in [6.07, 6.45) is 3.90. The van der Waals surface area contributed by atoms with E-state index in [0.29, 0.717) is 5.02 Å². The molecule has 4 aromatic rings. The van der Waals surface area contributed by atoms with Gasteiger partial charge in [0, 0.05) is 5.56 Å². The van der Waals surface area contributed by atoms with Crippen LogP contribution in [0.4, 0.5) is 5.69 Å². The maximum Gasteiger partial charge on any atom is 0.127 e. The molecule has 6 heteroatoms. The van der Waals surface area contributed by atoms with Crippen LogP contribution in [0.1, 0.15) is 11.1 Å². The number of hydrogen-bond acceptors (Lipinski definition) is 5. The zero-order valence-corrected chi connectivity index (χ0v) is 16.5. The summed E-state index contributed by atoms with van der Waals surface area (Å²) < 4.78 is 6.38. The molecule has 4 nitrogen and oxygen atoms in total. The lowest BCUT2D eigenvalue weighted by molar-refractivity contribution is 0.415. The smallest absolute Gasteiger partial charge is 0.127 e. The zero-order chi connectivity index (χ0) is 19.5. The fourth-order valence-electron chi connectivity index (χ4n) is 2.79. The van der Waals surface area contributed by atoms with E-state index < -0.39 is 0 Å². The predicted octanol–water partition coefficient (Wildman–Crippen LogP) is 7.19. The Morgan fingerprint density at radius 2 is 1.75 bits per heavy atom. The van der Waals surface area contributed by atoms with Gasteiger partial charge in [-0.15, -0.1) is 16.2 Å². The molecule has 0 radical (unpaired) electrons. The third-order valence-electron chi connectivity index (χ3n) is 4.29. The summed E-state index contributed by atoms with van der Waals surface area (Å²) in [7, 11) is 1.66. The monoisotopic (exact) mass is 406 g/mol. The Labute approximate surface area is 171 Å². The van der Waals surface area contributed by atoms with Crippen molar-refractivity contribution in [3.8, 4) is 16.3 Å². The first-order valence-electron chi connectivity index (χ1n) is 8.52. The Balaban J connectivity index is 1.56. The van der Waals surface area contributed by atoms with Crippen LogP contribution in [0.25, 0.3) is 32.9 Å². The van der Waals surface area contributed by atoms with Crippen LogP contribution in [0.3, 0.4) is 0 Å². The molecule has 0 saturated carbocycles. The van der Waals surface area contributed by atoms with Gasteiger partial charge in [0.15, 0.2) is 0 Å². The van der Waals surface area contributed by atoms with Crippen molar-refractivity contribution in [3.63, 3.8) is 0 Å². The van der Waals surface area contributed by atoms with E-state index in [9.17, 15) is 4.91 Å². The average Bonchev–Trinajstić information content (AvgIpc) is 3.16. The van der Waals surface area contributed by atoms with E-state index in [1.807, 2.05) is 48.6 Å². The molecule has 0 saturated heterocycles. The number of methoxy groups -OCH3 is 1. The van der Waals surface area contributed by atoms with Crippen molar-refractivity contribution in [2.75, 3.05) is 7.11 Å². The number of benzene rings is 3. The summed E-state index contributed by atoms with van der Waals surface area (Å²) in [6.45, 7) is 0. The molecule has 28 heavy (non-hydrogen) atoms. The standard InChI is InChI=1S/C22H15ClN2O2S/c1-27-17-9-11-19-21(13-17)28-22(24-19)16-7-4-14(5-8-16)2-3-15-6-10-18(23)20(12-15)25-26/h2-13H,1H3/b3-2+. The Bertz CT molecular complexity index is 1180. The predicted molar refractivity (Wildman–Crippen MR) is 117 cm³/mol. The summed E-state index contributed by atoms with van der Waals surface area (Å²) >= 11 is 7.55. The largest absolute Gasteiger partial charge is 0.497 e. The molecule has 138 valence electrons. The van der Waals surface area contributed by atoms with E-state index in [4.69, 9.17) is 21.3 Å². The van der Waals surface area contributed by atoms with Crippen molar-refractivity contribution in [1.82, 2.24) is 4.98 Å². The van der Waals surface area contributed by atoms with Crippen LogP contribution < -0.4 is 4.74 Å². The molecule has 0 fully saturated rings. The van der Waals surface area contributed by atoms with E-state index in [-0.39, 0.29) is 5.69 Å². The van der Waals surface area contributed by atoms with Crippen molar-refractivity contribution in [2.24, 2.45) is 5.18 Å².